The molecule has 1 heterocycles. The third kappa shape index (κ3) is 4.40. The van der Waals surface area contributed by atoms with Crippen molar-refractivity contribution in [3.8, 4) is 0 Å². The van der Waals surface area contributed by atoms with Crippen LogP contribution in [0.25, 0.3) is 10.9 Å². The van der Waals surface area contributed by atoms with Gasteiger partial charge in [0.25, 0.3) is 11.5 Å². The highest BCUT2D eigenvalue weighted by Gasteiger charge is 2.20. The number of carbonyl (C=O) groups is 2. The van der Waals surface area contributed by atoms with Crippen LogP contribution in [0.3, 0.4) is 0 Å². The standard InChI is InChI=1S/C23H24N4O3/c28-21(13-14-27-15-24-19-11-5-4-10-18(19)23(27)30)26-20-12-6-3-9-17(20)22(29)25-16-7-1-2-8-16/h3-6,9-12,15-16H,1-2,7-8,13-14H2,(H,25,29)(H,26,28). The Morgan fingerprint density at radius 1 is 1.03 bits per heavy atom. The predicted octanol–water partition coefficient (Wildman–Crippen LogP) is 3.10. The zero-order valence-electron chi connectivity index (χ0n) is 16.6. The summed E-state index contributed by atoms with van der Waals surface area (Å²) in [5.74, 6) is -0.441. The van der Waals surface area contributed by atoms with E-state index in [0.717, 1.165) is 25.7 Å². The molecule has 7 nitrogen and oxygen atoms in total. The smallest absolute Gasteiger partial charge is 0.261 e. The molecular weight excluding hydrogens is 380 g/mol. The number of fused-ring (bicyclic) bond motifs is 1. The minimum Gasteiger partial charge on any atom is -0.349 e. The largest absolute Gasteiger partial charge is 0.349 e. The third-order valence-corrected chi connectivity index (χ3v) is 5.45. The Kier molecular flexibility index (Phi) is 5.88. The predicted molar refractivity (Wildman–Crippen MR) is 115 cm³/mol. The van der Waals surface area contributed by atoms with E-state index in [2.05, 4.69) is 15.6 Å². The molecule has 0 atom stereocenters. The highest BCUT2D eigenvalue weighted by Crippen LogP contribution is 2.20. The number of nitrogens with zero attached hydrogens (tertiary/aromatic N) is 2. The quantitative estimate of drug-likeness (QED) is 0.660. The van der Waals surface area contributed by atoms with Crippen LogP contribution in [0.4, 0.5) is 5.69 Å². The van der Waals surface area contributed by atoms with E-state index in [1.54, 1.807) is 42.5 Å². The first kappa shape index (κ1) is 19.8. The summed E-state index contributed by atoms with van der Waals surface area (Å²) in [6, 6.07) is 14.3. The Balaban J connectivity index is 1.41. The van der Waals surface area contributed by atoms with E-state index < -0.39 is 0 Å². The summed E-state index contributed by atoms with van der Waals surface area (Å²) in [5, 5.41) is 6.38. The minimum atomic E-state index is -0.267. The molecule has 0 aliphatic heterocycles. The average molecular weight is 404 g/mol. The van der Waals surface area contributed by atoms with Crippen LogP contribution < -0.4 is 16.2 Å². The lowest BCUT2D eigenvalue weighted by molar-refractivity contribution is -0.116. The number of benzene rings is 2. The molecule has 30 heavy (non-hydrogen) atoms. The first-order valence-corrected chi connectivity index (χ1v) is 10.3. The summed E-state index contributed by atoms with van der Waals surface area (Å²) in [4.78, 5) is 42.0. The first-order chi connectivity index (χ1) is 14.6. The molecular formula is C23H24N4O3. The molecule has 0 saturated heterocycles. The number of nitrogens with one attached hydrogen (secondary N) is 2. The number of hydrogen-bond acceptors (Lipinski definition) is 4. The van der Waals surface area contributed by atoms with Gasteiger partial charge in [-0.1, -0.05) is 37.1 Å². The second-order valence-corrected chi connectivity index (χ2v) is 7.56. The molecule has 2 amide bonds. The van der Waals surface area contributed by atoms with Crippen molar-refractivity contribution in [1.82, 2.24) is 14.9 Å². The summed E-state index contributed by atoms with van der Waals surface area (Å²) >= 11 is 0. The molecule has 0 radical (unpaired) electrons. The van der Waals surface area contributed by atoms with Gasteiger partial charge in [0, 0.05) is 19.0 Å². The lowest BCUT2D eigenvalue weighted by Gasteiger charge is -2.15. The first-order valence-electron chi connectivity index (χ1n) is 10.3. The fourth-order valence-electron chi connectivity index (χ4n) is 3.82. The maximum atomic E-state index is 12.6. The van der Waals surface area contributed by atoms with Gasteiger partial charge in [-0.05, 0) is 37.1 Å². The maximum absolute atomic E-state index is 12.6. The number of amides is 2. The van der Waals surface area contributed by atoms with Crippen molar-refractivity contribution in [3.05, 3.63) is 70.8 Å². The van der Waals surface area contributed by atoms with Crippen LogP contribution in [0.5, 0.6) is 0 Å². The minimum absolute atomic E-state index is 0.0957. The van der Waals surface area contributed by atoms with Crippen LogP contribution >= 0.6 is 0 Å². The summed E-state index contributed by atoms with van der Waals surface area (Å²) in [6.07, 6.45) is 5.81. The number of rotatable bonds is 6. The lowest BCUT2D eigenvalue weighted by atomic mass is 10.1. The molecule has 0 unspecified atom stereocenters. The number of aromatic nitrogens is 2. The zero-order valence-corrected chi connectivity index (χ0v) is 16.6. The number of aryl methyl sites for hydroxylation is 1. The van der Waals surface area contributed by atoms with Crippen LogP contribution in [0, 0.1) is 0 Å². The molecule has 3 aromatic rings. The second kappa shape index (κ2) is 8.90. The molecule has 1 aliphatic rings. The van der Waals surface area contributed by atoms with E-state index in [4.69, 9.17) is 0 Å². The molecule has 0 bridgehead atoms. The molecule has 4 rings (SSSR count). The van der Waals surface area contributed by atoms with Crippen molar-refractivity contribution in [2.45, 2.75) is 44.7 Å². The van der Waals surface area contributed by atoms with Gasteiger partial charge in [0.05, 0.1) is 28.5 Å². The highest BCUT2D eigenvalue weighted by molar-refractivity contribution is 6.03. The fourth-order valence-corrected chi connectivity index (χ4v) is 3.82. The summed E-state index contributed by atoms with van der Waals surface area (Å²) in [6.45, 7) is 0.207. The van der Waals surface area contributed by atoms with Crippen LogP contribution in [0.1, 0.15) is 42.5 Å². The van der Waals surface area contributed by atoms with Crippen molar-refractivity contribution < 1.29 is 9.59 Å². The molecule has 2 aromatic carbocycles. The van der Waals surface area contributed by atoms with E-state index in [1.165, 1.54) is 10.9 Å². The summed E-state index contributed by atoms with van der Waals surface area (Å²) in [7, 11) is 0. The second-order valence-electron chi connectivity index (χ2n) is 7.56. The summed E-state index contributed by atoms with van der Waals surface area (Å²) < 4.78 is 1.43. The van der Waals surface area contributed by atoms with E-state index in [0.29, 0.717) is 22.2 Å². The van der Waals surface area contributed by atoms with Gasteiger partial charge < -0.3 is 10.6 Å². The normalized spacial score (nSPS) is 14.0. The Labute approximate surface area is 174 Å². The number of anilines is 1. The number of carbonyl (C=O) groups excluding carboxylic acids is 2. The van der Waals surface area contributed by atoms with Crippen molar-refractivity contribution in [2.75, 3.05) is 5.32 Å². The van der Waals surface area contributed by atoms with Crippen molar-refractivity contribution in [3.63, 3.8) is 0 Å². The topological polar surface area (TPSA) is 93.1 Å². The van der Waals surface area contributed by atoms with Crippen molar-refractivity contribution >= 4 is 28.4 Å². The molecule has 0 spiro atoms. The lowest BCUT2D eigenvalue weighted by Crippen LogP contribution is -2.33. The SMILES string of the molecule is O=C(CCn1cnc2ccccc2c1=O)Nc1ccccc1C(=O)NC1CCCC1. The third-order valence-electron chi connectivity index (χ3n) is 5.45. The van der Waals surface area contributed by atoms with Crippen molar-refractivity contribution in [2.24, 2.45) is 0 Å². The van der Waals surface area contributed by atoms with Gasteiger partial charge in [0.1, 0.15) is 0 Å². The Morgan fingerprint density at radius 3 is 2.60 bits per heavy atom. The van der Waals surface area contributed by atoms with Crippen LogP contribution in [-0.4, -0.2) is 27.4 Å². The van der Waals surface area contributed by atoms with Crippen LogP contribution in [0.15, 0.2) is 59.7 Å². The van der Waals surface area contributed by atoms with E-state index in [9.17, 15) is 14.4 Å². The Morgan fingerprint density at radius 2 is 1.77 bits per heavy atom. The number of para-hydroxylation sites is 2. The fraction of sp³-hybridized carbons (Fsp3) is 0.304. The molecule has 1 aliphatic carbocycles. The van der Waals surface area contributed by atoms with Crippen molar-refractivity contribution in [1.29, 1.82) is 0 Å². The van der Waals surface area contributed by atoms with Gasteiger partial charge in [0.15, 0.2) is 0 Å². The van der Waals surface area contributed by atoms with E-state index in [-0.39, 0.29) is 36.4 Å². The molecule has 2 N–H and O–H groups in total. The van der Waals surface area contributed by atoms with Gasteiger partial charge >= 0.3 is 0 Å². The monoisotopic (exact) mass is 404 g/mol. The molecule has 1 fully saturated rings. The van der Waals surface area contributed by atoms with Gasteiger partial charge in [-0.15, -0.1) is 0 Å². The molecule has 154 valence electrons. The van der Waals surface area contributed by atoms with E-state index in [1.807, 2.05) is 6.07 Å². The summed E-state index contributed by atoms with van der Waals surface area (Å²) in [5.41, 5.74) is 1.37. The molecule has 1 aromatic heterocycles. The average Bonchev–Trinajstić information content (AvgIpc) is 3.27. The van der Waals surface area contributed by atoms with E-state index >= 15 is 0 Å². The maximum Gasteiger partial charge on any atom is 0.261 e. The Bertz CT molecular complexity index is 1130. The molecule has 7 heteroatoms. The van der Waals surface area contributed by atoms with Crippen LogP contribution in [0.2, 0.25) is 0 Å². The van der Waals surface area contributed by atoms with Gasteiger partial charge in [0.2, 0.25) is 5.91 Å². The zero-order chi connectivity index (χ0) is 20.9. The molecule has 1 saturated carbocycles. The van der Waals surface area contributed by atoms with Crippen LogP contribution in [-0.2, 0) is 11.3 Å². The number of hydrogen-bond donors (Lipinski definition) is 2. The highest BCUT2D eigenvalue weighted by atomic mass is 16.2. The van der Waals surface area contributed by atoms with Gasteiger partial charge in [-0.25, -0.2) is 4.98 Å². The Hall–Kier alpha value is -3.48. The van der Waals surface area contributed by atoms with Gasteiger partial charge in [-0.2, -0.15) is 0 Å². The van der Waals surface area contributed by atoms with Gasteiger partial charge in [-0.3, -0.25) is 19.0 Å².